The summed E-state index contributed by atoms with van der Waals surface area (Å²) >= 11 is 1.71. The normalized spacial score (nSPS) is 18.8. The number of rotatable bonds is 2. The number of thiazole rings is 1. The monoisotopic (exact) mass is 503 g/mol. The number of furan rings is 1. The molecular formula is C33H27N2OS+. The summed E-state index contributed by atoms with van der Waals surface area (Å²) in [5.74, 6) is 0. The van der Waals surface area contributed by atoms with Gasteiger partial charge in [-0.05, 0) is 65.5 Å². The molecule has 0 unspecified atom stereocenters. The highest BCUT2D eigenvalue weighted by atomic mass is 32.1. The van der Waals surface area contributed by atoms with Gasteiger partial charge in [0.2, 0.25) is 5.52 Å². The van der Waals surface area contributed by atoms with Gasteiger partial charge in [-0.1, -0.05) is 67.6 Å². The Kier molecular flexibility index (Phi) is 3.85. The summed E-state index contributed by atoms with van der Waals surface area (Å²) in [6.07, 6.45) is -3.75. The number of benzene rings is 4. The van der Waals surface area contributed by atoms with Gasteiger partial charge in [-0.2, -0.15) is 9.83 Å². The van der Waals surface area contributed by atoms with Crippen LogP contribution in [0.25, 0.3) is 53.9 Å². The van der Waals surface area contributed by atoms with E-state index in [2.05, 4.69) is 48.9 Å². The second-order valence-corrected chi connectivity index (χ2v) is 11.3. The molecule has 2 aromatic heterocycles. The molecule has 180 valence electrons. The van der Waals surface area contributed by atoms with Crippen LogP contribution in [0.1, 0.15) is 41.6 Å². The number of aromatic nitrogens is 1. The highest BCUT2D eigenvalue weighted by Gasteiger charge is 2.30. The Morgan fingerprint density at radius 2 is 1.68 bits per heavy atom. The van der Waals surface area contributed by atoms with Gasteiger partial charge in [0, 0.05) is 27.9 Å². The third-order valence-electron chi connectivity index (χ3n) is 7.29. The summed E-state index contributed by atoms with van der Waals surface area (Å²) in [4.78, 5) is 0. The van der Waals surface area contributed by atoms with Crippen molar-refractivity contribution in [1.82, 2.24) is 0 Å². The maximum atomic E-state index is 10.1. The Hall–Kier alpha value is -3.94. The standard InChI is InChI=1S/C33H27N2OS/c1-19-9-13-24-25-14-12-22(18-34)29(20-10-11-21-16-33(2,3)17-23(21)15-20)31(25)36-30(24)28(19)32-35(4)26-7-5-6-8-27(26)37-32/h5-15H,16-17H2,1-4H3/q+1/i16D2,17D2. The van der Waals surface area contributed by atoms with Crippen LogP contribution in [0, 0.1) is 23.7 Å². The first-order chi connectivity index (χ1) is 19.4. The molecule has 37 heavy (non-hydrogen) atoms. The molecule has 0 N–H and O–H groups in total. The molecule has 7 rings (SSSR count). The van der Waals surface area contributed by atoms with Gasteiger partial charge in [0.1, 0.15) is 22.9 Å². The highest BCUT2D eigenvalue weighted by molar-refractivity contribution is 7.21. The van der Waals surface area contributed by atoms with E-state index in [9.17, 15) is 5.26 Å². The number of nitrogens with zero attached hydrogens (tertiary/aromatic N) is 2. The van der Waals surface area contributed by atoms with Gasteiger partial charge in [0.15, 0.2) is 5.58 Å². The van der Waals surface area contributed by atoms with E-state index in [4.69, 9.17) is 9.90 Å². The van der Waals surface area contributed by atoms with Gasteiger partial charge in [-0.15, -0.1) is 0 Å². The zero-order chi connectivity index (χ0) is 29.1. The lowest BCUT2D eigenvalue weighted by molar-refractivity contribution is -0.629. The number of hydrogen-bond donors (Lipinski definition) is 0. The predicted octanol–water partition coefficient (Wildman–Crippen LogP) is 8.26. The van der Waals surface area contributed by atoms with Crippen LogP contribution in [-0.4, -0.2) is 0 Å². The topological polar surface area (TPSA) is 40.8 Å². The van der Waals surface area contributed by atoms with Crippen molar-refractivity contribution in [3.63, 3.8) is 0 Å². The van der Waals surface area contributed by atoms with E-state index in [1.165, 1.54) is 4.70 Å². The smallest absolute Gasteiger partial charge is 0.273 e. The van der Waals surface area contributed by atoms with Crippen LogP contribution in [0.15, 0.2) is 71.1 Å². The second-order valence-electron chi connectivity index (χ2n) is 10.3. The molecule has 0 saturated heterocycles. The van der Waals surface area contributed by atoms with Crippen molar-refractivity contribution in [2.45, 2.75) is 33.5 Å². The van der Waals surface area contributed by atoms with Gasteiger partial charge in [-0.25, -0.2) is 0 Å². The molecular weight excluding hydrogens is 472 g/mol. The van der Waals surface area contributed by atoms with Gasteiger partial charge < -0.3 is 4.42 Å². The average Bonchev–Trinajstić information content (AvgIpc) is 3.51. The largest absolute Gasteiger partial charge is 0.454 e. The SMILES string of the molecule is [2H]C1([2H])c2ccc(-c3c(C#N)ccc4c3oc3c(-c5sc6ccccc6[n+]5C)c(C)ccc34)cc2C([2H])([2H])C1(C)C. The van der Waals surface area contributed by atoms with Crippen molar-refractivity contribution in [2.24, 2.45) is 12.5 Å². The molecule has 0 radical (unpaired) electrons. The van der Waals surface area contributed by atoms with Crippen LogP contribution < -0.4 is 4.57 Å². The number of nitriles is 1. The van der Waals surface area contributed by atoms with E-state index in [1.807, 2.05) is 18.2 Å². The molecule has 0 amide bonds. The molecule has 6 aromatic rings. The van der Waals surface area contributed by atoms with E-state index < -0.39 is 18.2 Å². The van der Waals surface area contributed by atoms with E-state index in [1.54, 1.807) is 49.4 Å². The van der Waals surface area contributed by atoms with Crippen LogP contribution >= 0.6 is 11.3 Å². The molecule has 3 nitrogen and oxygen atoms in total. The van der Waals surface area contributed by atoms with Crippen LogP contribution in [0.2, 0.25) is 0 Å². The summed E-state index contributed by atoms with van der Waals surface area (Å²) in [5.41, 5.74) is 5.58. The van der Waals surface area contributed by atoms with Crippen LogP contribution in [0.5, 0.6) is 0 Å². The van der Waals surface area contributed by atoms with Crippen LogP contribution in [0.4, 0.5) is 0 Å². The Morgan fingerprint density at radius 1 is 0.946 bits per heavy atom. The van der Waals surface area contributed by atoms with E-state index in [-0.39, 0.29) is 0 Å². The fourth-order valence-electron chi connectivity index (χ4n) is 5.59. The number of fused-ring (bicyclic) bond motifs is 5. The molecule has 1 aliphatic carbocycles. The van der Waals surface area contributed by atoms with Crippen LogP contribution in [0.3, 0.4) is 0 Å². The first-order valence-electron chi connectivity index (χ1n) is 14.3. The molecule has 0 bridgehead atoms. The maximum absolute atomic E-state index is 10.1. The van der Waals surface area contributed by atoms with E-state index >= 15 is 0 Å². The summed E-state index contributed by atoms with van der Waals surface area (Å²) in [7, 11) is 2.06. The number of aryl methyl sites for hydroxylation is 2. The summed E-state index contributed by atoms with van der Waals surface area (Å²) < 4.78 is 45.3. The Morgan fingerprint density at radius 3 is 2.46 bits per heavy atom. The minimum Gasteiger partial charge on any atom is -0.454 e. The quantitative estimate of drug-likeness (QED) is 0.223. The van der Waals surface area contributed by atoms with E-state index in [0.717, 1.165) is 38.0 Å². The fourth-order valence-corrected chi connectivity index (χ4v) is 6.84. The number of para-hydroxylation sites is 1. The lowest BCUT2D eigenvalue weighted by Crippen LogP contribution is -2.28. The molecule has 4 heteroatoms. The summed E-state index contributed by atoms with van der Waals surface area (Å²) in [6, 6.07) is 23.6. The first kappa shape index (κ1) is 18.3. The lowest BCUT2D eigenvalue weighted by atomic mass is 9.90. The molecule has 1 aliphatic rings. The van der Waals surface area contributed by atoms with Crippen LogP contribution in [-0.2, 0) is 19.8 Å². The average molecular weight is 504 g/mol. The van der Waals surface area contributed by atoms with Crippen molar-refractivity contribution >= 4 is 43.5 Å². The second kappa shape index (κ2) is 7.78. The molecule has 0 spiro atoms. The van der Waals surface area contributed by atoms with Gasteiger partial charge in [0.05, 0.1) is 11.6 Å². The van der Waals surface area contributed by atoms with Gasteiger partial charge in [-0.3, -0.25) is 0 Å². The maximum Gasteiger partial charge on any atom is 0.273 e. The predicted molar refractivity (Wildman–Crippen MR) is 152 cm³/mol. The van der Waals surface area contributed by atoms with Crippen molar-refractivity contribution in [3.8, 4) is 27.8 Å². The molecule has 0 atom stereocenters. The molecule has 0 fully saturated rings. The Labute approximate surface area is 225 Å². The molecule has 4 aromatic carbocycles. The summed E-state index contributed by atoms with van der Waals surface area (Å²) in [5, 5.41) is 13.0. The third-order valence-corrected chi connectivity index (χ3v) is 8.53. The number of hydrogen-bond acceptors (Lipinski definition) is 3. The van der Waals surface area contributed by atoms with E-state index in [0.29, 0.717) is 33.4 Å². The van der Waals surface area contributed by atoms with Crippen molar-refractivity contribution in [1.29, 1.82) is 5.26 Å². The Bertz CT molecular complexity index is 2130. The van der Waals surface area contributed by atoms with Crippen molar-refractivity contribution in [2.75, 3.05) is 0 Å². The van der Waals surface area contributed by atoms with Gasteiger partial charge in [0.25, 0.3) is 5.01 Å². The summed E-state index contributed by atoms with van der Waals surface area (Å²) in [6.45, 7) is 5.34. The highest BCUT2D eigenvalue weighted by Crippen LogP contribution is 2.44. The molecule has 2 heterocycles. The molecule has 0 aliphatic heterocycles. The lowest BCUT2D eigenvalue weighted by Gasteiger charge is -2.14. The zero-order valence-corrected chi connectivity index (χ0v) is 21.9. The van der Waals surface area contributed by atoms with Crippen molar-refractivity contribution < 1.29 is 14.5 Å². The van der Waals surface area contributed by atoms with Gasteiger partial charge >= 0.3 is 0 Å². The Balaban J connectivity index is 1.53. The fraction of sp³-hybridized carbons (Fsp3) is 0.212. The van der Waals surface area contributed by atoms with Crippen molar-refractivity contribution in [3.05, 3.63) is 89.0 Å². The minimum atomic E-state index is -1.91. The minimum absolute atomic E-state index is 0.316. The third kappa shape index (κ3) is 3.27. The first-order valence-corrected chi connectivity index (χ1v) is 13.1. The zero-order valence-electron chi connectivity index (χ0n) is 25.1. The molecule has 0 saturated carbocycles.